The van der Waals surface area contributed by atoms with Gasteiger partial charge in [-0.3, -0.25) is 0 Å². The van der Waals surface area contributed by atoms with Gasteiger partial charge in [-0.25, -0.2) is 0 Å². The largest absolute Gasteiger partial charge is 0.449 e. The molecule has 0 aromatic heterocycles. The van der Waals surface area contributed by atoms with Gasteiger partial charge in [-0.2, -0.15) is 12.6 Å². The third-order valence-corrected chi connectivity index (χ3v) is 4.77. The Bertz CT molecular complexity index is 50.3. The Morgan fingerprint density at radius 1 is 1.56 bits per heavy atom. The van der Waals surface area contributed by atoms with Gasteiger partial charge in [0.15, 0.2) is 0 Å². The van der Waals surface area contributed by atoms with Gasteiger partial charge in [0.2, 0.25) is 0 Å². The third-order valence-electron chi connectivity index (χ3n) is 0.898. The summed E-state index contributed by atoms with van der Waals surface area (Å²) in [6.45, 7) is 0. The summed E-state index contributed by atoms with van der Waals surface area (Å²) in [5.41, 5.74) is 0. The molecule has 56 valence electrons. The van der Waals surface area contributed by atoms with Gasteiger partial charge in [-0.05, 0) is 18.2 Å². The van der Waals surface area contributed by atoms with Crippen molar-refractivity contribution in [2.75, 3.05) is 5.75 Å². The van der Waals surface area contributed by atoms with E-state index in [4.69, 9.17) is 8.23 Å². The van der Waals surface area contributed by atoms with Crippen molar-refractivity contribution >= 4 is 42.9 Å². The van der Waals surface area contributed by atoms with E-state index < -0.39 is 10.0 Å². The third kappa shape index (κ3) is 8.92. The zero-order chi connectivity index (χ0) is 6.95. The molecule has 0 aliphatic heterocycles. The molecular formula is C3H14O2SSi3. The fourth-order valence-corrected chi connectivity index (χ4v) is 5.01. The van der Waals surface area contributed by atoms with Crippen LogP contribution in [0.25, 0.3) is 0 Å². The van der Waals surface area contributed by atoms with E-state index in [1.165, 1.54) is 12.5 Å². The molecule has 0 fully saturated rings. The Labute approximate surface area is 69.7 Å². The standard InChI is InChI=1S/C3H14O2SSi3/c6-2-1-3-8-5-9-4-7/h6H,1-3,8-9H2,7H3. The summed E-state index contributed by atoms with van der Waals surface area (Å²) in [5.74, 6) is 1.000. The molecule has 0 heterocycles. The molecule has 0 aromatic carbocycles. The normalized spacial score (nSPS) is 13.0. The van der Waals surface area contributed by atoms with Crippen molar-refractivity contribution in [3.05, 3.63) is 0 Å². The molecule has 0 atom stereocenters. The molecule has 0 aliphatic rings. The first-order valence-corrected chi connectivity index (χ1v) is 7.27. The summed E-state index contributed by atoms with van der Waals surface area (Å²) in [4.78, 5) is 0. The summed E-state index contributed by atoms with van der Waals surface area (Å²) in [6, 6.07) is 1.27. The minimum Gasteiger partial charge on any atom is -0.449 e. The van der Waals surface area contributed by atoms with Crippen molar-refractivity contribution in [1.82, 2.24) is 0 Å². The van der Waals surface area contributed by atoms with Crippen LogP contribution in [0.3, 0.4) is 0 Å². The van der Waals surface area contributed by atoms with Gasteiger partial charge in [0.05, 0.1) is 0 Å². The highest BCUT2D eigenvalue weighted by Gasteiger charge is 1.87. The lowest BCUT2D eigenvalue weighted by atomic mass is 10.6. The van der Waals surface area contributed by atoms with Gasteiger partial charge in [-0.15, -0.1) is 0 Å². The molecule has 0 spiro atoms. The zero-order valence-corrected chi connectivity index (χ0v) is 11.5. The predicted molar refractivity (Wildman–Crippen MR) is 52.5 cm³/mol. The molecule has 0 aromatic rings. The molecular weight excluding hydrogens is 184 g/mol. The van der Waals surface area contributed by atoms with Gasteiger partial charge >= 0.3 is 0 Å². The van der Waals surface area contributed by atoms with Crippen LogP contribution in [0, 0.1) is 0 Å². The van der Waals surface area contributed by atoms with E-state index in [1.54, 1.807) is 0 Å². The first kappa shape index (κ1) is 9.92. The molecule has 9 heavy (non-hydrogen) atoms. The van der Waals surface area contributed by atoms with Crippen molar-refractivity contribution in [3.63, 3.8) is 0 Å². The van der Waals surface area contributed by atoms with Gasteiger partial charge in [0, 0.05) is 0 Å². The summed E-state index contributed by atoms with van der Waals surface area (Å²) < 4.78 is 10.3. The van der Waals surface area contributed by atoms with E-state index in [1.807, 2.05) is 0 Å². The summed E-state index contributed by atoms with van der Waals surface area (Å²) in [7, 11) is 0.144. The zero-order valence-electron chi connectivity index (χ0n) is 5.80. The second kappa shape index (κ2) is 8.92. The van der Waals surface area contributed by atoms with E-state index in [9.17, 15) is 0 Å². The van der Waals surface area contributed by atoms with Crippen LogP contribution >= 0.6 is 12.6 Å². The molecule has 0 saturated carbocycles. The van der Waals surface area contributed by atoms with Crippen LogP contribution in [0.4, 0.5) is 0 Å². The van der Waals surface area contributed by atoms with Crippen molar-refractivity contribution in [3.8, 4) is 0 Å². The predicted octanol–water partition coefficient (Wildman–Crippen LogP) is -1.88. The smallest absolute Gasteiger partial charge is 0.282 e. The second-order valence-electron chi connectivity index (χ2n) is 1.75. The Kier molecular flexibility index (Phi) is 9.83. The molecule has 2 nitrogen and oxygen atoms in total. The molecule has 0 rings (SSSR count). The highest BCUT2D eigenvalue weighted by atomic mass is 32.1. The maximum Gasteiger partial charge on any atom is 0.282 e. The van der Waals surface area contributed by atoms with Crippen molar-refractivity contribution < 1.29 is 8.23 Å². The summed E-state index contributed by atoms with van der Waals surface area (Å²) in [5, 5.41) is 0. The minimum atomic E-state index is -0.508. The minimum absolute atomic E-state index is 0.201. The SMILES string of the molecule is [SiH3]O[SiH2]O[SiH2]CCCS. The van der Waals surface area contributed by atoms with Crippen LogP contribution in [0.15, 0.2) is 0 Å². The van der Waals surface area contributed by atoms with Crippen molar-refractivity contribution in [2.24, 2.45) is 0 Å². The van der Waals surface area contributed by atoms with Crippen LogP contribution in [-0.4, -0.2) is 36.0 Å². The molecule has 0 N–H and O–H groups in total. The Hall–Kier alpha value is 0.921. The highest BCUT2D eigenvalue weighted by molar-refractivity contribution is 7.80. The average Bonchev–Trinajstić information content (AvgIpc) is 1.89. The van der Waals surface area contributed by atoms with Crippen LogP contribution in [0.2, 0.25) is 6.04 Å². The maximum atomic E-state index is 5.34. The summed E-state index contributed by atoms with van der Waals surface area (Å²) >= 11 is 4.10. The molecule has 0 unspecified atom stereocenters. The van der Waals surface area contributed by atoms with E-state index in [0.717, 1.165) is 16.2 Å². The number of thiol groups is 1. The van der Waals surface area contributed by atoms with Gasteiger partial charge in [0.25, 0.3) is 10.0 Å². The lowest BCUT2D eigenvalue weighted by molar-refractivity contribution is 0.501. The van der Waals surface area contributed by atoms with Gasteiger partial charge in [-0.1, -0.05) is 0 Å². The Morgan fingerprint density at radius 2 is 2.33 bits per heavy atom. The highest BCUT2D eigenvalue weighted by Crippen LogP contribution is 1.90. The van der Waals surface area contributed by atoms with Crippen LogP contribution in [0.1, 0.15) is 6.42 Å². The van der Waals surface area contributed by atoms with Crippen molar-refractivity contribution in [2.45, 2.75) is 12.5 Å². The van der Waals surface area contributed by atoms with Gasteiger partial charge < -0.3 is 8.23 Å². The number of rotatable bonds is 6. The Morgan fingerprint density at radius 3 is 2.89 bits per heavy atom. The molecule has 0 radical (unpaired) electrons. The van der Waals surface area contributed by atoms with Crippen LogP contribution < -0.4 is 0 Å². The maximum absolute atomic E-state index is 5.34. The lowest BCUT2D eigenvalue weighted by Gasteiger charge is -1.99. The fraction of sp³-hybridized carbons (Fsp3) is 1.00. The second-order valence-corrected chi connectivity index (χ2v) is 7.49. The molecule has 0 bridgehead atoms. The number of hydrogen-bond donors (Lipinski definition) is 1. The average molecular weight is 198 g/mol. The lowest BCUT2D eigenvalue weighted by Crippen LogP contribution is -2.06. The van der Waals surface area contributed by atoms with E-state index >= 15 is 0 Å². The monoisotopic (exact) mass is 198 g/mol. The van der Waals surface area contributed by atoms with E-state index in [2.05, 4.69) is 12.6 Å². The van der Waals surface area contributed by atoms with Gasteiger partial charge in [0.1, 0.15) is 20.2 Å². The van der Waals surface area contributed by atoms with E-state index in [0.29, 0.717) is 0 Å². The van der Waals surface area contributed by atoms with Crippen LogP contribution in [0.5, 0.6) is 0 Å². The van der Waals surface area contributed by atoms with Crippen molar-refractivity contribution in [1.29, 1.82) is 0 Å². The first-order chi connectivity index (χ1) is 4.41. The van der Waals surface area contributed by atoms with E-state index in [-0.39, 0.29) is 9.76 Å². The Balaban J connectivity index is 2.60. The van der Waals surface area contributed by atoms with Crippen LogP contribution in [-0.2, 0) is 8.23 Å². The topological polar surface area (TPSA) is 18.5 Å². The quantitative estimate of drug-likeness (QED) is 0.306. The fourth-order valence-electron chi connectivity index (χ4n) is 0.458. The molecule has 0 saturated heterocycles. The summed E-state index contributed by atoms with van der Waals surface area (Å²) in [6.07, 6.45) is 1.21. The molecule has 0 aliphatic carbocycles. The molecule has 6 heteroatoms. The number of hydrogen-bond acceptors (Lipinski definition) is 3. The molecule has 0 amide bonds. The first-order valence-electron chi connectivity index (χ1n) is 3.09.